The van der Waals surface area contributed by atoms with Gasteiger partial charge in [-0.2, -0.15) is 11.8 Å². The second-order valence-electron chi connectivity index (χ2n) is 5.49. The molecule has 1 fully saturated rings. The van der Waals surface area contributed by atoms with E-state index in [2.05, 4.69) is 4.72 Å². The summed E-state index contributed by atoms with van der Waals surface area (Å²) >= 11 is 1.75. The lowest BCUT2D eigenvalue weighted by atomic mass is 9.84. The summed E-state index contributed by atoms with van der Waals surface area (Å²) in [5, 5.41) is 0. The number of aryl methyl sites for hydroxylation is 1. The van der Waals surface area contributed by atoms with Gasteiger partial charge in [0.15, 0.2) is 0 Å². The third kappa shape index (κ3) is 2.82. The van der Waals surface area contributed by atoms with E-state index in [0.29, 0.717) is 12.2 Å². The molecule has 1 aliphatic carbocycles. The van der Waals surface area contributed by atoms with Crippen molar-refractivity contribution in [3.05, 3.63) is 23.3 Å². The van der Waals surface area contributed by atoms with E-state index in [0.717, 1.165) is 24.0 Å². The van der Waals surface area contributed by atoms with Crippen molar-refractivity contribution in [2.75, 3.05) is 18.5 Å². The van der Waals surface area contributed by atoms with E-state index in [1.807, 2.05) is 19.2 Å². The van der Waals surface area contributed by atoms with Gasteiger partial charge in [-0.25, -0.2) is 13.1 Å². The fourth-order valence-electron chi connectivity index (χ4n) is 2.49. The Morgan fingerprint density at radius 2 is 2.00 bits per heavy atom. The van der Waals surface area contributed by atoms with Gasteiger partial charge < -0.3 is 5.73 Å². The van der Waals surface area contributed by atoms with Gasteiger partial charge in [0, 0.05) is 11.3 Å². The van der Waals surface area contributed by atoms with Crippen molar-refractivity contribution in [3.63, 3.8) is 0 Å². The summed E-state index contributed by atoms with van der Waals surface area (Å²) in [6.45, 7) is 4.17. The molecule has 0 atom stereocenters. The second-order valence-corrected chi connectivity index (χ2v) is 8.47. The van der Waals surface area contributed by atoms with Gasteiger partial charge in [0.1, 0.15) is 4.90 Å². The topological polar surface area (TPSA) is 72.2 Å². The van der Waals surface area contributed by atoms with Crippen LogP contribution in [0.25, 0.3) is 0 Å². The van der Waals surface area contributed by atoms with Crippen LogP contribution in [0.2, 0.25) is 0 Å². The fraction of sp³-hybridized carbons (Fsp3) is 0.571. The molecule has 1 aromatic carbocycles. The molecule has 0 heterocycles. The molecule has 0 spiro atoms. The molecule has 0 amide bonds. The zero-order valence-corrected chi connectivity index (χ0v) is 13.8. The van der Waals surface area contributed by atoms with Gasteiger partial charge in [0.25, 0.3) is 0 Å². The number of nitrogens with one attached hydrogen (secondary N) is 1. The Labute approximate surface area is 125 Å². The standard InChI is InChI=1S/C14H22N2O2S2/c1-10-5-6-12(15)13(11(10)2)20(17,18)16-9-14(19-3)7-4-8-14/h5-6,16H,4,7-9,15H2,1-3H3. The summed E-state index contributed by atoms with van der Waals surface area (Å²) < 4.78 is 27.9. The summed E-state index contributed by atoms with van der Waals surface area (Å²) in [6.07, 6.45) is 5.35. The SMILES string of the molecule is CSC1(CNS(=O)(=O)c2c(N)ccc(C)c2C)CCC1. The van der Waals surface area contributed by atoms with Crippen LogP contribution in [0.4, 0.5) is 5.69 Å². The first-order chi connectivity index (χ1) is 9.31. The number of anilines is 1. The number of thioether (sulfide) groups is 1. The Bertz CT molecular complexity index is 602. The molecule has 1 aliphatic rings. The monoisotopic (exact) mass is 314 g/mol. The van der Waals surface area contributed by atoms with Crippen LogP contribution >= 0.6 is 11.8 Å². The van der Waals surface area contributed by atoms with Crippen molar-refractivity contribution in [3.8, 4) is 0 Å². The molecule has 0 unspecified atom stereocenters. The van der Waals surface area contributed by atoms with E-state index in [4.69, 9.17) is 5.73 Å². The molecule has 1 aromatic rings. The molecule has 20 heavy (non-hydrogen) atoms. The molecule has 0 aliphatic heterocycles. The molecule has 1 saturated carbocycles. The number of hydrogen-bond acceptors (Lipinski definition) is 4. The van der Waals surface area contributed by atoms with Gasteiger partial charge >= 0.3 is 0 Å². The van der Waals surface area contributed by atoms with Crippen LogP contribution in [0.3, 0.4) is 0 Å². The minimum absolute atomic E-state index is 0.0690. The molecular weight excluding hydrogens is 292 g/mol. The summed E-state index contributed by atoms with van der Waals surface area (Å²) in [7, 11) is -3.55. The minimum atomic E-state index is -3.55. The maximum atomic E-state index is 12.5. The maximum absolute atomic E-state index is 12.5. The van der Waals surface area contributed by atoms with Crippen LogP contribution in [0.15, 0.2) is 17.0 Å². The van der Waals surface area contributed by atoms with Crippen molar-refractivity contribution in [1.29, 1.82) is 0 Å². The highest BCUT2D eigenvalue weighted by molar-refractivity contribution is 8.00. The Morgan fingerprint density at radius 3 is 2.50 bits per heavy atom. The average molecular weight is 314 g/mol. The van der Waals surface area contributed by atoms with Crippen molar-refractivity contribution >= 4 is 27.5 Å². The van der Waals surface area contributed by atoms with Crippen molar-refractivity contribution in [2.45, 2.75) is 42.8 Å². The van der Waals surface area contributed by atoms with Crippen molar-refractivity contribution in [2.24, 2.45) is 0 Å². The Morgan fingerprint density at radius 1 is 1.35 bits per heavy atom. The normalized spacial score (nSPS) is 17.8. The van der Waals surface area contributed by atoms with E-state index in [1.54, 1.807) is 24.8 Å². The van der Waals surface area contributed by atoms with E-state index in [-0.39, 0.29) is 9.64 Å². The number of benzene rings is 1. The largest absolute Gasteiger partial charge is 0.398 e. The second kappa shape index (κ2) is 5.58. The fourth-order valence-corrected chi connectivity index (χ4v) is 5.05. The number of sulfonamides is 1. The van der Waals surface area contributed by atoms with Crippen molar-refractivity contribution < 1.29 is 8.42 Å². The maximum Gasteiger partial charge on any atom is 0.242 e. The van der Waals surface area contributed by atoms with Crippen LogP contribution in [-0.2, 0) is 10.0 Å². The summed E-state index contributed by atoms with van der Waals surface area (Å²) in [5.74, 6) is 0. The molecule has 6 heteroatoms. The number of nitrogens with two attached hydrogens (primary N) is 1. The molecular formula is C14H22N2O2S2. The van der Waals surface area contributed by atoms with Gasteiger partial charge in [0.2, 0.25) is 10.0 Å². The number of rotatable bonds is 5. The van der Waals surface area contributed by atoms with E-state index < -0.39 is 10.0 Å². The van der Waals surface area contributed by atoms with Gasteiger partial charge in [-0.3, -0.25) is 0 Å². The average Bonchev–Trinajstić information content (AvgIpc) is 2.33. The third-order valence-electron chi connectivity index (χ3n) is 4.26. The van der Waals surface area contributed by atoms with Crippen LogP contribution in [-0.4, -0.2) is 26.0 Å². The van der Waals surface area contributed by atoms with Crippen LogP contribution in [0.1, 0.15) is 30.4 Å². The van der Waals surface area contributed by atoms with Crippen LogP contribution in [0, 0.1) is 13.8 Å². The Kier molecular flexibility index (Phi) is 4.37. The molecule has 4 nitrogen and oxygen atoms in total. The highest BCUT2D eigenvalue weighted by Crippen LogP contribution is 2.42. The quantitative estimate of drug-likeness (QED) is 0.819. The van der Waals surface area contributed by atoms with Gasteiger partial charge in [-0.15, -0.1) is 0 Å². The van der Waals surface area contributed by atoms with Gasteiger partial charge in [-0.05, 0) is 50.1 Å². The Balaban J connectivity index is 2.25. The number of hydrogen-bond donors (Lipinski definition) is 2. The Hall–Kier alpha value is -0.720. The summed E-state index contributed by atoms with van der Waals surface area (Å²) in [5.41, 5.74) is 7.84. The summed E-state index contributed by atoms with van der Waals surface area (Å²) in [4.78, 5) is 0.230. The van der Waals surface area contributed by atoms with Crippen LogP contribution < -0.4 is 10.5 Å². The molecule has 112 valence electrons. The van der Waals surface area contributed by atoms with Gasteiger partial charge in [0.05, 0.1) is 5.69 Å². The lowest BCUT2D eigenvalue weighted by molar-refractivity contribution is 0.362. The minimum Gasteiger partial charge on any atom is -0.398 e. The van der Waals surface area contributed by atoms with E-state index >= 15 is 0 Å². The van der Waals surface area contributed by atoms with E-state index in [1.165, 1.54) is 6.42 Å². The van der Waals surface area contributed by atoms with E-state index in [9.17, 15) is 8.42 Å². The lowest BCUT2D eigenvalue weighted by Gasteiger charge is -2.40. The zero-order valence-electron chi connectivity index (χ0n) is 12.2. The molecule has 2 rings (SSSR count). The highest BCUT2D eigenvalue weighted by Gasteiger charge is 2.37. The predicted octanol–water partition coefficient (Wildman–Crippen LogP) is 2.45. The first-order valence-corrected chi connectivity index (χ1v) is 9.43. The first kappa shape index (κ1) is 15.7. The lowest BCUT2D eigenvalue weighted by Crippen LogP contribution is -2.45. The molecule has 3 N–H and O–H groups in total. The molecule has 0 saturated heterocycles. The highest BCUT2D eigenvalue weighted by atomic mass is 32.2. The molecule has 0 radical (unpaired) electrons. The predicted molar refractivity (Wildman–Crippen MR) is 85.6 cm³/mol. The smallest absolute Gasteiger partial charge is 0.242 e. The zero-order chi connectivity index (χ0) is 15.0. The summed E-state index contributed by atoms with van der Waals surface area (Å²) in [6, 6.07) is 3.50. The first-order valence-electron chi connectivity index (χ1n) is 6.72. The molecule has 0 bridgehead atoms. The van der Waals surface area contributed by atoms with Gasteiger partial charge in [-0.1, -0.05) is 12.5 Å². The molecule has 0 aromatic heterocycles. The van der Waals surface area contributed by atoms with Crippen LogP contribution in [0.5, 0.6) is 0 Å². The van der Waals surface area contributed by atoms with Crippen molar-refractivity contribution in [1.82, 2.24) is 4.72 Å². The third-order valence-corrected chi connectivity index (χ3v) is 7.28. The number of nitrogen functional groups attached to an aromatic ring is 1.